The maximum Gasteiger partial charge on any atom is 0.279 e. The van der Waals surface area contributed by atoms with Gasteiger partial charge < -0.3 is 9.64 Å². The molecule has 1 N–H and O–H groups in total. The third-order valence-electron chi connectivity index (χ3n) is 4.95. The average molecular weight is 361 g/mol. The zero-order valence-electron chi connectivity index (χ0n) is 15.4. The molecule has 0 atom stereocenters. The molecular formula is C22H23N3O2. The highest BCUT2D eigenvalue weighted by Gasteiger charge is 2.12. The molecule has 2 heterocycles. The summed E-state index contributed by atoms with van der Waals surface area (Å²) in [5.41, 5.74) is 4.05. The van der Waals surface area contributed by atoms with Crippen molar-refractivity contribution in [1.82, 2.24) is 9.78 Å². The number of para-hydroxylation sites is 1. The molecule has 138 valence electrons. The standard InChI is InChI=1S/C22H23N3O2/c1-16-14-20(24-10-12-27-13-11-24)9-8-18(16)15-21-17(2)23-25(22(21)26)19-6-4-3-5-7-19/h3-9,14-15,23H,2,10-13H2,1H3/b21-15+. The van der Waals surface area contributed by atoms with Gasteiger partial charge in [-0.15, -0.1) is 0 Å². The normalized spacial score (nSPS) is 15.3. The van der Waals surface area contributed by atoms with Crippen LogP contribution in [0.15, 0.2) is 53.3 Å². The van der Waals surface area contributed by atoms with Crippen LogP contribution in [0.5, 0.6) is 0 Å². The Morgan fingerprint density at radius 2 is 1.81 bits per heavy atom. The number of morpholine rings is 1. The molecule has 4 rings (SSSR count). The smallest absolute Gasteiger partial charge is 0.279 e. The molecule has 27 heavy (non-hydrogen) atoms. The summed E-state index contributed by atoms with van der Waals surface area (Å²) in [5.74, 6) is 0. The molecule has 3 aromatic rings. The van der Waals surface area contributed by atoms with Crippen molar-refractivity contribution in [3.8, 4) is 5.69 Å². The molecule has 1 saturated heterocycles. The number of hydrogen-bond acceptors (Lipinski definition) is 3. The van der Waals surface area contributed by atoms with E-state index in [0.717, 1.165) is 43.1 Å². The van der Waals surface area contributed by atoms with E-state index in [-0.39, 0.29) is 5.56 Å². The number of benzene rings is 2. The minimum absolute atomic E-state index is 0.0946. The molecule has 2 aromatic carbocycles. The van der Waals surface area contributed by atoms with Gasteiger partial charge in [0.15, 0.2) is 0 Å². The van der Waals surface area contributed by atoms with Gasteiger partial charge in [-0.2, -0.15) is 0 Å². The van der Waals surface area contributed by atoms with Crippen molar-refractivity contribution in [3.05, 3.63) is 80.6 Å². The number of aryl methyl sites for hydroxylation is 1. The first kappa shape index (κ1) is 17.4. The van der Waals surface area contributed by atoms with Gasteiger partial charge in [-0.1, -0.05) is 30.8 Å². The van der Waals surface area contributed by atoms with Crippen molar-refractivity contribution in [3.63, 3.8) is 0 Å². The van der Waals surface area contributed by atoms with E-state index in [4.69, 9.17) is 4.74 Å². The van der Waals surface area contributed by atoms with Crippen LogP contribution in [-0.4, -0.2) is 36.1 Å². The molecule has 1 aliphatic rings. The van der Waals surface area contributed by atoms with Gasteiger partial charge in [0, 0.05) is 18.8 Å². The molecule has 1 aromatic heterocycles. The van der Waals surface area contributed by atoms with E-state index in [1.165, 1.54) is 10.4 Å². The van der Waals surface area contributed by atoms with Crippen molar-refractivity contribution in [2.24, 2.45) is 0 Å². The summed E-state index contributed by atoms with van der Waals surface area (Å²) in [5, 5.41) is 4.27. The van der Waals surface area contributed by atoms with Crippen molar-refractivity contribution in [2.45, 2.75) is 6.92 Å². The topological polar surface area (TPSA) is 50.3 Å². The summed E-state index contributed by atoms with van der Waals surface area (Å²) in [6, 6.07) is 15.9. The average Bonchev–Trinajstić information content (AvgIpc) is 2.99. The second kappa shape index (κ2) is 7.29. The minimum atomic E-state index is -0.0946. The van der Waals surface area contributed by atoms with Crippen LogP contribution in [0.1, 0.15) is 11.1 Å². The molecule has 0 unspecified atom stereocenters. The summed E-state index contributed by atoms with van der Waals surface area (Å²) in [6.45, 7) is 9.43. The summed E-state index contributed by atoms with van der Waals surface area (Å²) in [4.78, 5) is 15.2. The lowest BCUT2D eigenvalue weighted by molar-refractivity contribution is 0.122. The first-order chi connectivity index (χ1) is 13.1. The molecule has 0 spiro atoms. The Kier molecular flexibility index (Phi) is 4.69. The van der Waals surface area contributed by atoms with Crippen LogP contribution in [0.25, 0.3) is 18.3 Å². The number of rotatable bonds is 3. The highest BCUT2D eigenvalue weighted by Crippen LogP contribution is 2.20. The Hall–Kier alpha value is -3.05. The Bertz CT molecular complexity index is 1110. The Balaban J connectivity index is 1.73. The molecule has 1 fully saturated rings. The molecule has 0 aliphatic carbocycles. The number of anilines is 1. The molecule has 5 heteroatoms. The summed E-state index contributed by atoms with van der Waals surface area (Å²) in [7, 11) is 0. The van der Waals surface area contributed by atoms with Gasteiger partial charge >= 0.3 is 0 Å². The number of aromatic nitrogens is 2. The highest BCUT2D eigenvalue weighted by molar-refractivity contribution is 5.60. The van der Waals surface area contributed by atoms with Crippen molar-refractivity contribution in [2.75, 3.05) is 31.2 Å². The van der Waals surface area contributed by atoms with Crippen LogP contribution in [0.3, 0.4) is 0 Å². The maximum absolute atomic E-state index is 12.9. The minimum Gasteiger partial charge on any atom is -0.378 e. The first-order valence-corrected chi connectivity index (χ1v) is 9.14. The predicted molar refractivity (Wildman–Crippen MR) is 109 cm³/mol. The predicted octanol–water partition coefficient (Wildman–Crippen LogP) is 1.55. The molecule has 0 amide bonds. The lowest BCUT2D eigenvalue weighted by Crippen LogP contribution is -2.36. The van der Waals surface area contributed by atoms with Gasteiger partial charge in [0.1, 0.15) is 0 Å². The summed E-state index contributed by atoms with van der Waals surface area (Å²) >= 11 is 0. The Morgan fingerprint density at radius 1 is 1.07 bits per heavy atom. The van der Waals surface area contributed by atoms with Gasteiger partial charge in [-0.3, -0.25) is 9.89 Å². The van der Waals surface area contributed by atoms with Crippen molar-refractivity contribution >= 4 is 18.3 Å². The van der Waals surface area contributed by atoms with E-state index in [0.29, 0.717) is 10.6 Å². The van der Waals surface area contributed by atoms with E-state index in [1.54, 1.807) is 0 Å². The van der Waals surface area contributed by atoms with Crippen LogP contribution in [0.4, 0.5) is 5.69 Å². The van der Waals surface area contributed by atoms with E-state index in [9.17, 15) is 4.79 Å². The zero-order valence-corrected chi connectivity index (χ0v) is 15.4. The maximum atomic E-state index is 12.9. The summed E-state index contributed by atoms with van der Waals surface area (Å²) in [6.07, 6.45) is 1.92. The fraction of sp³-hybridized carbons (Fsp3) is 0.227. The number of nitrogens with zero attached hydrogens (tertiary/aromatic N) is 2. The molecule has 0 bridgehead atoms. The van der Waals surface area contributed by atoms with E-state index >= 15 is 0 Å². The lowest BCUT2D eigenvalue weighted by atomic mass is 10.1. The second-order valence-electron chi connectivity index (χ2n) is 6.76. The Morgan fingerprint density at radius 3 is 2.52 bits per heavy atom. The molecule has 0 radical (unpaired) electrons. The van der Waals surface area contributed by atoms with Gasteiger partial charge in [0.2, 0.25) is 0 Å². The SMILES string of the molecule is C=c1[nH]n(-c2ccccc2)c(=O)/c1=C/c1ccc(N2CCOCC2)cc1C. The largest absolute Gasteiger partial charge is 0.378 e. The Labute approximate surface area is 157 Å². The monoisotopic (exact) mass is 361 g/mol. The van der Waals surface area contributed by atoms with Crippen LogP contribution in [0, 0.1) is 6.92 Å². The zero-order chi connectivity index (χ0) is 18.8. The second-order valence-corrected chi connectivity index (χ2v) is 6.76. The van der Waals surface area contributed by atoms with Gasteiger partial charge in [0.25, 0.3) is 5.56 Å². The molecule has 1 aliphatic heterocycles. The lowest BCUT2D eigenvalue weighted by Gasteiger charge is -2.29. The molecular weight excluding hydrogens is 338 g/mol. The van der Waals surface area contributed by atoms with Crippen molar-refractivity contribution in [1.29, 1.82) is 0 Å². The van der Waals surface area contributed by atoms with E-state index in [2.05, 4.69) is 41.7 Å². The fourth-order valence-electron chi connectivity index (χ4n) is 3.40. The summed E-state index contributed by atoms with van der Waals surface area (Å²) < 4.78 is 6.96. The fourth-order valence-corrected chi connectivity index (χ4v) is 3.40. The van der Waals surface area contributed by atoms with Crippen LogP contribution >= 0.6 is 0 Å². The first-order valence-electron chi connectivity index (χ1n) is 9.14. The van der Waals surface area contributed by atoms with Crippen LogP contribution in [0.2, 0.25) is 0 Å². The third-order valence-corrected chi connectivity index (χ3v) is 4.95. The quantitative estimate of drug-likeness (QED) is 0.770. The molecule has 5 nitrogen and oxygen atoms in total. The number of hydrogen-bond donors (Lipinski definition) is 1. The number of nitrogens with one attached hydrogen (secondary N) is 1. The third kappa shape index (κ3) is 3.46. The van der Waals surface area contributed by atoms with Crippen LogP contribution < -0.4 is 21.0 Å². The van der Waals surface area contributed by atoms with Gasteiger partial charge in [-0.05, 0) is 48.4 Å². The van der Waals surface area contributed by atoms with Gasteiger partial charge in [-0.25, -0.2) is 4.68 Å². The van der Waals surface area contributed by atoms with Crippen molar-refractivity contribution < 1.29 is 4.74 Å². The molecule has 0 saturated carbocycles. The van der Waals surface area contributed by atoms with E-state index in [1.807, 2.05) is 36.4 Å². The van der Waals surface area contributed by atoms with E-state index < -0.39 is 0 Å². The number of H-pyrrole nitrogens is 1. The highest BCUT2D eigenvalue weighted by atomic mass is 16.5. The van der Waals surface area contributed by atoms with Gasteiger partial charge in [0.05, 0.1) is 29.5 Å². The van der Waals surface area contributed by atoms with Crippen LogP contribution in [-0.2, 0) is 4.74 Å². The number of ether oxygens (including phenoxy) is 1. The number of aromatic amines is 1.